The van der Waals surface area contributed by atoms with Crippen LogP contribution in [0.15, 0.2) is 0 Å². The predicted octanol–water partition coefficient (Wildman–Crippen LogP) is 0.337. The number of nitrogens with one attached hydrogen (secondary N) is 1. The van der Waals surface area contributed by atoms with Crippen molar-refractivity contribution in [1.82, 2.24) is 10.2 Å². The maximum atomic E-state index is 11.7. The van der Waals surface area contributed by atoms with Gasteiger partial charge >= 0.3 is 0 Å². The number of likely N-dealkylation sites (N-methyl/N-ethyl adjacent to an activating group) is 1. The zero-order valence-corrected chi connectivity index (χ0v) is 9.67. The fourth-order valence-corrected chi connectivity index (χ4v) is 1.16. The van der Waals surface area contributed by atoms with Crippen LogP contribution in [0, 0.1) is 5.92 Å². The van der Waals surface area contributed by atoms with Crippen molar-refractivity contribution in [3.63, 3.8) is 0 Å². The van der Waals surface area contributed by atoms with Crippen LogP contribution in [0.2, 0.25) is 0 Å². The Bertz CT molecular complexity index is 146. The number of ether oxygens (including phenoxy) is 1. The third-order valence-corrected chi connectivity index (χ3v) is 2.13. The highest BCUT2D eigenvalue weighted by molar-refractivity contribution is 5.78. The summed E-state index contributed by atoms with van der Waals surface area (Å²) in [6.45, 7) is 6.87. The molecule has 0 radical (unpaired) electrons. The molecule has 0 aliphatic rings. The summed E-state index contributed by atoms with van der Waals surface area (Å²) < 4.78 is 4.91. The lowest BCUT2D eigenvalue weighted by Crippen LogP contribution is -2.38. The molecule has 0 rings (SSSR count). The van der Waals surface area contributed by atoms with Crippen LogP contribution >= 0.6 is 0 Å². The van der Waals surface area contributed by atoms with Crippen LogP contribution < -0.4 is 5.32 Å². The van der Waals surface area contributed by atoms with Crippen LogP contribution in [0.25, 0.3) is 0 Å². The molecule has 1 atom stereocenters. The van der Waals surface area contributed by atoms with E-state index in [4.69, 9.17) is 4.74 Å². The minimum atomic E-state index is 0.0387. The van der Waals surface area contributed by atoms with Gasteiger partial charge in [-0.2, -0.15) is 0 Å². The molecule has 14 heavy (non-hydrogen) atoms. The molecule has 1 unspecified atom stereocenters. The van der Waals surface area contributed by atoms with Gasteiger partial charge in [-0.25, -0.2) is 0 Å². The van der Waals surface area contributed by atoms with Crippen molar-refractivity contribution >= 4 is 5.91 Å². The van der Waals surface area contributed by atoms with E-state index >= 15 is 0 Å². The zero-order chi connectivity index (χ0) is 11.0. The summed E-state index contributed by atoms with van der Waals surface area (Å²) >= 11 is 0. The van der Waals surface area contributed by atoms with Crippen LogP contribution in [0.3, 0.4) is 0 Å². The first-order valence-electron chi connectivity index (χ1n) is 5.08. The molecule has 0 bridgehead atoms. The highest BCUT2D eigenvalue weighted by Crippen LogP contribution is 1.99. The Labute approximate surface area is 86.6 Å². The van der Waals surface area contributed by atoms with Gasteiger partial charge in [-0.05, 0) is 6.54 Å². The average Bonchev–Trinajstić information content (AvgIpc) is 2.21. The second kappa shape index (κ2) is 7.76. The number of carbonyl (C=O) groups is 1. The van der Waals surface area contributed by atoms with E-state index in [0.29, 0.717) is 13.2 Å². The SMILES string of the molecule is CCNCC(C)C(=O)N(C)CCOC. The van der Waals surface area contributed by atoms with Gasteiger partial charge in [0.25, 0.3) is 0 Å². The van der Waals surface area contributed by atoms with Gasteiger partial charge in [0, 0.05) is 33.2 Å². The Balaban J connectivity index is 3.78. The van der Waals surface area contributed by atoms with Crippen molar-refractivity contribution in [3.8, 4) is 0 Å². The van der Waals surface area contributed by atoms with E-state index < -0.39 is 0 Å². The van der Waals surface area contributed by atoms with Crippen molar-refractivity contribution in [2.75, 3.05) is 40.4 Å². The molecule has 0 spiro atoms. The summed E-state index contributed by atoms with van der Waals surface area (Å²) in [5.41, 5.74) is 0. The molecule has 84 valence electrons. The standard InChI is InChI=1S/C10H22N2O2/c1-5-11-8-9(2)10(13)12(3)6-7-14-4/h9,11H,5-8H2,1-4H3. The number of hydrogen-bond donors (Lipinski definition) is 1. The predicted molar refractivity (Wildman–Crippen MR) is 57.2 cm³/mol. The van der Waals surface area contributed by atoms with Gasteiger partial charge in [0.1, 0.15) is 0 Å². The van der Waals surface area contributed by atoms with E-state index in [-0.39, 0.29) is 11.8 Å². The summed E-state index contributed by atoms with van der Waals surface area (Å²) in [5, 5.41) is 3.16. The van der Waals surface area contributed by atoms with Crippen LogP contribution in [-0.4, -0.2) is 51.2 Å². The second-order valence-electron chi connectivity index (χ2n) is 3.46. The van der Waals surface area contributed by atoms with E-state index in [9.17, 15) is 4.79 Å². The van der Waals surface area contributed by atoms with Gasteiger partial charge in [-0.3, -0.25) is 4.79 Å². The van der Waals surface area contributed by atoms with Crippen LogP contribution in [0.5, 0.6) is 0 Å². The molecule has 0 saturated carbocycles. The smallest absolute Gasteiger partial charge is 0.226 e. The Morgan fingerprint density at radius 3 is 2.71 bits per heavy atom. The minimum absolute atomic E-state index is 0.0387. The summed E-state index contributed by atoms with van der Waals surface area (Å²) in [7, 11) is 3.45. The molecule has 0 heterocycles. The van der Waals surface area contributed by atoms with E-state index in [2.05, 4.69) is 5.32 Å². The number of carbonyl (C=O) groups excluding carboxylic acids is 1. The third-order valence-electron chi connectivity index (χ3n) is 2.13. The molecule has 0 aliphatic carbocycles. The van der Waals surface area contributed by atoms with Crippen LogP contribution in [-0.2, 0) is 9.53 Å². The van der Waals surface area contributed by atoms with Crippen LogP contribution in [0.4, 0.5) is 0 Å². The lowest BCUT2D eigenvalue weighted by molar-refractivity contribution is -0.134. The summed E-state index contributed by atoms with van der Waals surface area (Å²) in [6, 6.07) is 0. The molecular weight excluding hydrogens is 180 g/mol. The molecule has 0 aliphatic heterocycles. The summed E-state index contributed by atoms with van der Waals surface area (Å²) in [5.74, 6) is 0.208. The van der Waals surface area contributed by atoms with Crippen molar-refractivity contribution in [2.45, 2.75) is 13.8 Å². The quantitative estimate of drug-likeness (QED) is 0.647. The van der Waals surface area contributed by atoms with Gasteiger partial charge in [0.15, 0.2) is 0 Å². The molecule has 0 aromatic heterocycles. The van der Waals surface area contributed by atoms with Crippen molar-refractivity contribution in [1.29, 1.82) is 0 Å². The summed E-state index contributed by atoms with van der Waals surface area (Å²) in [6.07, 6.45) is 0. The lowest BCUT2D eigenvalue weighted by Gasteiger charge is -2.21. The first-order chi connectivity index (χ1) is 6.63. The molecule has 1 amide bonds. The van der Waals surface area contributed by atoms with E-state index in [1.165, 1.54) is 0 Å². The number of hydrogen-bond acceptors (Lipinski definition) is 3. The van der Waals surface area contributed by atoms with Gasteiger partial charge < -0.3 is 15.0 Å². The van der Waals surface area contributed by atoms with Crippen molar-refractivity contribution in [2.24, 2.45) is 5.92 Å². The van der Waals surface area contributed by atoms with E-state index in [1.807, 2.05) is 20.9 Å². The molecule has 0 aromatic rings. The molecule has 4 nitrogen and oxygen atoms in total. The number of rotatable bonds is 7. The van der Waals surface area contributed by atoms with Gasteiger partial charge in [0.2, 0.25) is 5.91 Å². The first-order valence-corrected chi connectivity index (χ1v) is 5.08. The van der Waals surface area contributed by atoms with Gasteiger partial charge in [-0.15, -0.1) is 0 Å². The Hall–Kier alpha value is -0.610. The lowest BCUT2D eigenvalue weighted by atomic mass is 10.1. The second-order valence-corrected chi connectivity index (χ2v) is 3.46. The van der Waals surface area contributed by atoms with Crippen LogP contribution in [0.1, 0.15) is 13.8 Å². The fraction of sp³-hybridized carbons (Fsp3) is 0.900. The van der Waals surface area contributed by atoms with E-state index in [0.717, 1.165) is 13.1 Å². The van der Waals surface area contributed by atoms with Crippen molar-refractivity contribution in [3.05, 3.63) is 0 Å². The minimum Gasteiger partial charge on any atom is -0.383 e. The maximum absolute atomic E-state index is 11.7. The maximum Gasteiger partial charge on any atom is 0.226 e. The van der Waals surface area contributed by atoms with E-state index in [1.54, 1.807) is 12.0 Å². The van der Waals surface area contributed by atoms with Gasteiger partial charge in [-0.1, -0.05) is 13.8 Å². The Morgan fingerprint density at radius 1 is 1.57 bits per heavy atom. The molecule has 0 saturated heterocycles. The molecule has 1 N–H and O–H groups in total. The highest BCUT2D eigenvalue weighted by Gasteiger charge is 2.16. The molecule has 0 aromatic carbocycles. The molecule has 4 heteroatoms. The Kier molecular flexibility index (Phi) is 7.42. The number of amides is 1. The first kappa shape index (κ1) is 13.4. The monoisotopic (exact) mass is 202 g/mol. The fourth-order valence-electron chi connectivity index (χ4n) is 1.16. The normalized spacial score (nSPS) is 12.6. The molecule has 0 fully saturated rings. The number of methoxy groups -OCH3 is 1. The highest BCUT2D eigenvalue weighted by atomic mass is 16.5. The number of nitrogens with zero attached hydrogens (tertiary/aromatic N) is 1. The zero-order valence-electron chi connectivity index (χ0n) is 9.67. The van der Waals surface area contributed by atoms with Gasteiger partial charge in [0.05, 0.1) is 6.61 Å². The molecular formula is C10H22N2O2. The topological polar surface area (TPSA) is 41.6 Å². The largest absolute Gasteiger partial charge is 0.383 e. The Morgan fingerprint density at radius 2 is 2.21 bits per heavy atom. The average molecular weight is 202 g/mol. The summed E-state index contributed by atoms with van der Waals surface area (Å²) in [4.78, 5) is 13.4. The van der Waals surface area contributed by atoms with Crippen molar-refractivity contribution < 1.29 is 9.53 Å². The third kappa shape index (κ3) is 5.19.